The molecular weight excluding hydrogens is 424 g/mol. The summed E-state index contributed by atoms with van der Waals surface area (Å²) in [5.74, 6) is 0.781. The van der Waals surface area contributed by atoms with E-state index >= 15 is 0 Å². The lowest BCUT2D eigenvalue weighted by Crippen LogP contribution is -2.39. The molecule has 2 aromatic heterocycles. The molecule has 0 saturated heterocycles. The molecule has 1 N–H and O–H groups in total. The van der Waals surface area contributed by atoms with Gasteiger partial charge in [0.1, 0.15) is 6.04 Å². The van der Waals surface area contributed by atoms with Crippen molar-refractivity contribution in [2.75, 3.05) is 6.54 Å². The largest absolute Gasteiger partial charge is 0.322 e. The molecule has 1 atom stereocenters. The Balaban J connectivity index is 1.49. The van der Waals surface area contributed by atoms with Crippen LogP contribution in [-0.4, -0.2) is 36.6 Å². The van der Waals surface area contributed by atoms with Crippen LogP contribution < -0.4 is 5.56 Å². The molecule has 1 saturated carbocycles. The average molecular weight is 455 g/mol. The van der Waals surface area contributed by atoms with Crippen molar-refractivity contribution in [2.45, 2.75) is 64.1 Å². The number of nitrogens with zero attached hydrogens (tertiary/aromatic N) is 5. The predicted molar refractivity (Wildman–Crippen MR) is 132 cm³/mol. The molecule has 1 aliphatic carbocycles. The second-order valence-electron chi connectivity index (χ2n) is 9.81. The maximum absolute atomic E-state index is 13.5. The Morgan fingerprint density at radius 3 is 2.71 bits per heavy atom. The molecule has 7 nitrogen and oxygen atoms in total. The third kappa shape index (κ3) is 3.84. The fraction of sp³-hybridized carbons (Fsp3) is 0.407. The van der Waals surface area contributed by atoms with Crippen molar-refractivity contribution in [3.8, 4) is 0 Å². The van der Waals surface area contributed by atoms with Gasteiger partial charge < -0.3 is 4.98 Å². The molecule has 7 heteroatoms. The van der Waals surface area contributed by atoms with Crippen LogP contribution in [0.2, 0.25) is 0 Å². The molecule has 1 aliphatic heterocycles. The summed E-state index contributed by atoms with van der Waals surface area (Å²) in [6.45, 7) is 3.66. The molecular formula is C27H30N6O. The molecule has 0 spiro atoms. The Bertz CT molecular complexity index is 1380. The summed E-state index contributed by atoms with van der Waals surface area (Å²) >= 11 is 0. The lowest BCUT2D eigenvalue weighted by atomic mass is 9.94. The van der Waals surface area contributed by atoms with Crippen molar-refractivity contribution in [2.24, 2.45) is 0 Å². The third-order valence-corrected chi connectivity index (χ3v) is 7.53. The number of tetrazole rings is 1. The zero-order valence-electron chi connectivity index (χ0n) is 19.6. The van der Waals surface area contributed by atoms with Gasteiger partial charge in [-0.3, -0.25) is 9.69 Å². The smallest absolute Gasteiger partial charge is 0.253 e. The van der Waals surface area contributed by atoms with Crippen molar-refractivity contribution in [3.63, 3.8) is 0 Å². The van der Waals surface area contributed by atoms with E-state index in [1.807, 2.05) is 23.7 Å². The molecule has 3 heterocycles. The number of hydrogen-bond acceptors (Lipinski definition) is 5. The molecule has 174 valence electrons. The van der Waals surface area contributed by atoms with E-state index in [4.69, 9.17) is 0 Å². The molecule has 1 fully saturated rings. The van der Waals surface area contributed by atoms with Gasteiger partial charge in [-0.15, -0.1) is 5.10 Å². The van der Waals surface area contributed by atoms with E-state index in [-0.39, 0.29) is 11.6 Å². The van der Waals surface area contributed by atoms with Crippen molar-refractivity contribution >= 4 is 10.9 Å². The van der Waals surface area contributed by atoms with Gasteiger partial charge in [0.15, 0.2) is 5.82 Å². The van der Waals surface area contributed by atoms with Crippen LogP contribution in [0.15, 0.2) is 53.3 Å². The van der Waals surface area contributed by atoms with Gasteiger partial charge in [0.2, 0.25) is 0 Å². The van der Waals surface area contributed by atoms with E-state index in [1.54, 1.807) is 0 Å². The Hall–Kier alpha value is -3.32. The van der Waals surface area contributed by atoms with Crippen LogP contribution in [-0.2, 0) is 13.0 Å². The summed E-state index contributed by atoms with van der Waals surface area (Å²) in [5.41, 5.74) is 5.32. The van der Waals surface area contributed by atoms with Gasteiger partial charge in [-0.2, -0.15) is 0 Å². The summed E-state index contributed by atoms with van der Waals surface area (Å²) in [7, 11) is 0. The maximum Gasteiger partial charge on any atom is 0.253 e. The SMILES string of the molecule is Cc1ccc2cc(C(c3nnnn3C3CCCCC3)N3CCc4ccccc4C3)c(=O)[nH]c2c1. The Morgan fingerprint density at radius 2 is 1.85 bits per heavy atom. The van der Waals surface area contributed by atoms with Crippen molar-refractivity contribution in [1.29, 1.82) is 0 Å². The Labute approximate surface area is 198 Å². The highest BCUT2D eigenvalue weighted by atomic mass is 16.1. The summed E-state index contributed by atoms with van der Waals surface area (Å²) in [4.78, 5) is 19.0. The minimum atomic E-state index is -0.306. The van der Waals surface area contributed by atoms with Crippen LogP contribution in [0, 0.1) is 6.92 Å². The van der Waals surface area contributed by atoms with E-state index in [0.717, 1.165) is 54.6 Å². The van der Waals surface area contributed by atoms with Gasteiger partial charge in [-0.25, -0.2) is 4.68 Å². The lowest BCUT2D eigenvalue weighted by Gasteiger charge is -2.35. The van der Waals surface area contributed by atoms with E-state index in [0.29, 0.717) is 11.6 Å². The van der Waals surface area contributed by atoms with E-state index < -0.39 is 0 Å². The van der Waals surface area contributed by atoms with Crippen LogP contribution in [0.25, 0.3) is 10.9 Å². The molecule has 6 rings (SSSR count). The summed E-state index contributed by atoms with van der Waals surface area (Å²) in [6, 6.07) is 16.8. The first-order valence-electron chi connectivity index (χ1n) is 12.4. The van der Waals surface area contributed by atoms with Gasteiger partial charge in [0.25, 0.3) is 5.56 Å². The highest BCUT2D eigenvalue weighted by Crippen LogP contribution is 2.35. The van der Waals surface area contributed by atoms with Crippen molar-refractivity contribution in [3.05, 3.63) is 87.0 Å². The molecule has 34 heavy (non-hydrogen) atoms. The average Bonchev–Trinajstić information content (AvgIpc) is 3.34. The summed E-state index contributed by atoms with van der Waals surface area (Å²) < 4.78 is 2.02. The monoisotopic (exact) mass is 454 g/mol. The van der Waals surface area contributed by atoms with Crippen molar-refractivity contribution < 1.29 is 0 Å². The Morgan fingerprint density at radius 1 is 1.03 bits per heavy atom. The topological polar surface area (TPSA) is 79.7 Å². The summed E-state index contributed by atoms with van der Waals surface area (Å²) in [6.07, 6.45) is 6.78. The third-order valence-electron chi connectivity index (χ3n) is 7.53. The number of benzene rings is 2. The van der Waals surface area contributed by atoms with E-state index in [2.05, 4.69) is 61.8 Å². The minimum absolute atomic E-state index is 0.0693. The fourth-order valence-corrected chi connectivity index (χ4v) is 5.74. The first kappa shape index (κ1) is 21.2. The van der Waals surface area contributed by atoms with E-state index in [1.165, 1.54) is 30.4 Å². The van der Waals surface area contributed by atoms with Crippen molar-refractivity contribution in [1.82, 2.24) is 30.1 Å². The number of H-pyrrole nitrogens is 1. The van der Waals surface area contributed by atoms with Gasteiger partial charge in [0, 0.05) is 24.2 Å². The molecule has 0 amide bonds. The number of hydrogen-bond donors (Lipinski definition) is 1. The van der Waals surface area contributed by atoms with Gasteiger partial charge in [-0.1, -0.05) is 55.7 Å². The molecule has 2 aliphatic rings. The highest BCUT2D eigenvalue weighted by Gasteiger charge is 2.34. The first-order chi connectivity index (χ1) is 16.7. The van der Waals surface area contributed by atoms with Gasteiger partial charge in [-0.05, 0) is 70.8 Å². The number of pyridine rings is 1. The molecule has 1 unspecified atom stereocenters. The second kappa shape index (κ2) is 8.80. The standard InChI is InChI=1S/C27H30N6O/c1-18-11-12-20-16-23(27(34)28-24(20)15-18)25(32-14-13-19-7-5-6-8-21(19)17-32)26-29-30-31-33(26)22-9-3-2-4-10-22/h5-8,11-12,15-16,22,25H,2-4,9-10,13-14,17H2,1H3,(H,28,34). The zero-order valence-corrected chi connectivity index (χ0v) is 19.6. The van der Waals surface area contributed by atoms with Crippen LogP contribution >= 0.6 is 0 Å². The van der Waals surface area contributed by atoms with E-state index in [9.17, 15) is 4.79 Å². The van der Waals surface area contributed by atoms with Crippen LogP contribution in [0.4, 0.5) is 0 Å². The first-order valence-corrected chi connectivity index (χ1v) is 12.4. The molecule has 0 bridgehead atoms. The zero-order chi connectivity index (χ0) is 23.1. The fourth-order valence-electron chi connectivity index (χ4n) is 5.74. The predicted octanol–water partition coefficient (Wildman–Crippen LogP) is 4.48. The molecule has 2 aromatic carbocycles. The normalized spacial score (nSPS) is 18.1. The molecule has 4 aromatic rings. The number of aromatic amines is 1. The van der Waals surface area contributed by atoms with Crippen LogP contribution in [0.5, 0.6) is 0 Å². The highest BCUT2D eigenvalue weighted by molar-refractivity contribution is 5.79. The number of rotatable bonds is 4. The minimum Gasteiger partial charge on any atom is -0.322 e. The van der Waals surface area contributed by atoms with Crippen LogP contribution in [0.1, 0.15) is 72.3 Å². The number of nitrogens with one attached hydrogen (secondary N) is 1. The molecule has 0 radical (unpaired) electrons. The number of aryl methyl sites for hydroxylation is 1. The second-order valence-corrected chi connectivity index (χ2v) is 9.81. The number of aromatic nitrogens is 5. The Kier molecular flexibility index (Phi) is 5.49. The van der Waals surface area contributed by atoms with Gasteiger partial charge in [0.05, 0.1) is 6.04 Å². The summed E-state index contributed by atoms with van der Waals surface area (Å²) in [5, 5.41) is 14.1. The van der Waals surface area contributed by atoms with Crippen LogP contribution in [0.3, 0.4) is 0 Å². The number of fused-ring (bicyclic) bond motifs is 2. The quantitative estimate of drug-likeness (QED) is 0.492. The lowest BCUT2D eigenvalue weighted by molar-refractivity contribution is 0.187. The van der Waals surface area contributed by atoms with Gasteiger partial charge >= 0.3 is 0 Å². The maximum atomic E-state index is 13.5.